The number of ether oxygens (including phenoxy) is 1. The topological polar surface area (TPSA) is 30.5 Å². The summed E-state index contributed by atoms with van der Waals surface area (Å²) in [6.07, 6.45) is 0. The lowest BCUT2D eigenvalue weighted by atomic mass is 10.1. The van der Waals surface area contributed by atoms with E-state index in [9.17, 15) is 0 Å². The maximum Gasteiger partial charge on any atom is 0.0916 e. The number of rotatable bonds is 6. The second-order valence-electron chi connectivity index (χ2n) is 3.35. The van der Waals surface area contributed by atoms with E-state index >= 15 is 0 Å². The van der Waals surface area contributed by atoms with E-state index in [0.29, 0.717) is 13.2 Å². The zero-order valence-corrected chi connectivity index (χ0v) is 12.5. The van der Waals surface area contributed by atoms with Gasteiger partial charge in [0, 0.05) is 16.1 Å². The summed E-state index contributed by atoms with van der Waals surface area (Å²) in [5, 5.41) is 0. The largest absolute Gasteiger partial charge is 0.382 e. The minimum absolute atomic E-state index is 0.124. The molecular weight excluding hydrogens is 338 g/mol. The van der Waals surface area contributed by atoms with Crippen molar-refractivity contribution in [2.24, 2.45) is 0 Å². The van der Waals surface area contributed by atoms with Crippen LogP contribution in [0.15, 0.2) is 27.1 Å². The van der Waals surface area contributed by atoms with Crippen LogP contribution < -0.4 is 5.48 Å². The standard InChI is InChI=1S/C11H15Br2NO2/c1-8(14-16-6-5-15-2)10-4-3-9(12)7-11(10)13/h3-4,7-8,14H,5-6H2,1-2H3. The zero-order chi connectivity index (χ0) is 12.0. The van der Waals surface area contributed by atoms with Crippen molar-refractivity contribution in [3.8, 4) is 0 Å². The molecule has 1 atom stereocenters. The summed E-state index contributed by atoms with van der Waals surface area (Å²) in [6.45, 7) is 3.16. The molecule has 1 rings (SSSR count). The molecule has 0 aliphatic rings. The Hall–Kier alpha value is 0.0600. The van der Waals surface area contributed by atoms with Crippen LogP contribution in [0.1, 0.15) is 18.5 Å². The van der Waals surface area contributed by atoms with Crippen LogP contribution in [0.4, 0.5) is 0 Å². The van der Waals surface area contributed by atoms with Crippen LogP contribution in [0.3, 0.4) is 0 Å². The number of hydroxylamine groups is 1. The molecule has 1 N–H and O–H groups in total. The van der Waals surface area contributed by atoms with Gasteiger partial charge in [-0.05, 0) is 24.6 Å². The Labute approximate surface area is 113 Å². The van der Waals surface area contributed by atoms with Gasteiger partial charge in [-0.15, -0.1) is 0 Å². The Morgan fingerprint density at radius 3 is 2.69 bits per heavy atom. The minimum Gasteiger partial charge on any atom is -0.382 e. The van der Waals surface area contributed by atoms with Crippen molar-refractivity contribution in [1.29, 1.82) is 0 Å². The van der Waals surface area contributed by atoms with Crippen LogP contribution in [-0.4, -0.2) is 20.3 Å². The Balaban J connectivity index is 2.49. The first-order chi connectivity index (χ1) is 7.65. The molecule has 3 nitrogen and oxygen atoms in total. The van der Waals surface area contributed by atoms with E-state index in [1.54, 1.807) is 7.11 Å². The fourth-order valence-electron chi connectivity index (χ4n) is 1.23. The van der Waals surface area contributed by atoms with Gasteiger partial charge in [-0.3, -0.25) is 4.84 Å². The summed E-state index contributed by atoms with van der Waals surface area (Å²) in [6, 6.07) is 6.20. The first-order valence-corrected chi connectivity index (χ1v) is 6.55. The summed E-state index contributed by atoms with van der Waals surface area (Å²) < 4.78 is 6.99. The van der Waals surface area contributed by atoms with Crippen molar-refractivity contribution in [2.45, 2.75) is 13.0 Å². The average molecular weight is 353 g/mol. The van der Waals surface area contributed by atoms with Crippen LogP contribution in [0.2, 0.25) is 0 Å². The highest BCUT2D eigenvalue weighted by molar-refractivity contribution is 9.11. The summed E-state index contributed by atoms with van der Waals surface area (Å²) in [7, 11) is 1.65. The molecule has 0 saturated heterocycles. The first kappa shape index (κ1) is 14.1. The van der Waals surface area contributed by atoms with E-state index in [-0.39, 0.29) is 6.04 Å². The lowest BCUT2D eigenvalue weighted by Gasteiger charge is -2.15. The Kier molecular flexibility index (Phi) is 6.53. The quantitative estimate of drug-likeness (QED) is 0.628. The van der Waals surface area contributed by atoms with Gasteiger partial charge < -0.3 is 4.74 Å². The SMILES string of the molecule is COCCONC(C)c1ccc(Br)cc1Br. The van der Waals surface area contributed by atoms with Crippen molar-refractivity contribution < 1.29 is 9.57 Å². The lowest BCUT2D eigenvalue weighted by Crippen LogP contribution is -2.21. The maximum absolute atomic E-state index is 5.27. The molecule has 0 bridgehead atoms. The number of hydrogen-bond donors (Lipinski definition) is 1. The van der Waals surface area contributed by atoms with Gasteiger partial charge in [0.15, 0.2) is 0 Å². The monoisotopic (exact) mass is 351 g/mol. The maximum atomic E-state index is 5.27. The third kappa shape index (κ3) is 4.51. The van der Waals surface area contributed by atoms with Gasteiger partial charge in [0.05, 0.1) is 19.3 Å². The normalized spacial score (nSPS) is 12.8. The van der Waals surface area contributed by atoms with Crippen LogP contribution in [0, 0.1) is 0 Å². The van der Waals surface area contributed by atoms with Gasteiger partial charge in [0.2, 0.25) is 0 Å². The molecule has 16 heavy (non-hydrogen) atoms. The molecule has 90 valence electrons. The highest BCUT2D eigenvalue weighted by atomic mass is 79.9. The number of halogens is 2. The number of hydrogen-bond acceptors (Lipinski definition) is 3. The van der Waals surface area contributed by atoms with Crippen molar-refractivity contribution in [2.75, 3.05) is 20.3 Å². The number of nitrogens with one attached hydrogen (secondary N) is 1. The minimum atomic E-state index is 0.124. The first-order valence-electron chi connectivity index (χ1n) is 4.96. The Bertz CT molecular complexity index is 334. The van der Waals surface area contributed by atoms with Gasteiger partial charge >= 0.3 is 0 Å². The second-order valence-corrected chi connectivity index (χ2v) is 5.12. The van der Waals surface area contributed by atoms with E-state index in [4.69, 9.17) is 9.57 Å². The van der Waals surface area contributed by atoms with Crippen LogP contribution >= 0.6 is 31.9 Å². The van der Waals surface area contributed by atoms with Gasteiger partial charge in [-0.2, -0.15) is 5.48 Å². The van der Waals surface area contributed by atoms with Crippen LogP contribution in [-0.2, 0) is 9.57 Å². The van der Waals surface area contributed by atoms with Crippen molar-refractivity contribution in [1.82, 2.24) is 5.48 Å². The second kappa shape index (κ2) is 7.40. The molecule has 0 amide bonds. The molecule has 1 aromatic rings. The molecule has 0 aromatic heterocycles. The van der Waals surface area contributed by atoms with Crippen molar-refractivity contribution in [3.05, 3.63) is 32.7 Å². The van der Waals surface area contributed by atoms with Crippen LogP contribution in [0.5, 0.6) is 0 Å². The molecular formula is C11H15Br2NO2. The summed E-state index contributed by atoms with van der Waals surface area (Å²) >= 11 is 6.94. The van der Waals surface area contributed by atoms with Gasteiger partial charge in [0.25, 0.3) is 0 Å². The summed E-state index contributed by atoms with van der Waals surface area (Å²) in [5.41, 5.74) is 4.12. The summed E-state index contributed by atoms with van der Waals surface area (Å²) in [5.74, 6) is 0. The molecule has 0 aliphatic carbocycles. The summed E-state index contributed by atoms with van der Waals surface area (Å²) in [4.78, 5) is 5.27. The molecule has 0 heterocycles. The Morgan fingerprint density at radius 1 is 1.31 bits per heavy atom. The van der Waals surface area contributed by atoms with Gasteiger partial charge in [-0.25, -0.2) is 0 Å². The van der Waals surface area contributed by atoms with Crippen LogP contribution in [0.25, 0.3) is 0 Å². The predicted molar refractivity (Wildman–Crippen MR) is 71.2 cm³/mol. The number of benzene rings is 1. The number of methoxy groups -OCH3 is 1. The fourth-order valence-corrected chi connectivity index (χ4v) is 2.62. The van der Waals surface area contributed by atoms with E-state index in [1.807, 2.05) is 25.1 Å². The van der Waals surface area contributed by atoms with E-state index in [1.165, 1.54) is 0 Å². The molecule has 0 radical (unpaired) electrons. The third-order valence-corrected chi connectivity index (χ3v) is 3.26. The smallest absolute Gasteiger partial charge is 0.0916 e. The molecule has 0 fully saturated rings. The van der Waals surface area contributed by atoms with E-state index < -0.39 is 0 Å². The fraction of sp³-hybridized carbons (Fsp3) is 0.455. The van der Waals surface area contributed by atoms with E-state index in [2.05, 4.69) is 37.3 Å². The highest BCUT2D eigenvalue weighted by Gasteiger charge is 2.09. The third-order valence-electron chi connectivity index (χ3n) is 2.08. The molecule has 1 aromatic carbocycles. The predicted octanol–water partition coefficient (Wildman–Crippen LogP) is 3.44. The molecule has 0 spiro atoms. The van der Waals surface area contributed by atoms with Gasteiger partial charge in [0.1, 0.15) is 0 Å². The highest BCUT2D eigenvalue weighted by Crippen LogP contribution is 2.26. The molecule has 0 aliphatic heterocycles. The zero-order valence-electron chi connectivity index (χ0n) is 9.30. The Morgan fingerprint density at radius 2 is 2.06 bits per heavy atom. The average Bonchev–Trinajstić information content (AvgIpc) is 2.24. The lowest BCUT2D eigenvalue weighted by molar-refractivity contribution is -0.00935. The van der Waals surface area contributed by atoms with Crippen molar-refractivity contribution in [3.63, 3.8) is 0 Å². The molecule has 5 heteroatoms. The van der Waals surface area contributed by atoms with Crippen molar-refractivity contribution >= 4 is 31.9 Å². The van der Waals surface area contributed by atoms with E-state index in [0.717, 1.165) is 14.5 Å². The molecule has 0 saturated carbocycles. The molecule has 1 unspecified atom stereocenters. The van der Waals surface area contributed by atoms with Gasteiger partial charge in [-0.1, -0.05) is 37.9 Å².